The number of unbranched alkanes of at least 4 members (excludes halogenated alkanes) is 24. The number of carbonyl (C=O) groups is 2. The molecule has 2 fully saturated rings. The van der Waals surface area contributed by atoms with Crippen molar-refractivity contribution >= 4 is 11.9 Å². The summed E-state index contributed by atoms with van der Waals surface area (Å²) in [4.78, 5) is 25.8. The molecule has 0 spiro atoms. The number of aliphatic hydroxyl groups is 7. The Labute approximate surface area is 427 Å². The molecule has 2 aliphatic rings. The quantitative estimate of drug-likeness (QED) is 0.0172. The van der Waals surface area contributed by atoms with Gasteiger partial charge in [-0.3, -0.25) is 9.59 Å². The summed E-state index contributed by atoms with van der Waals surface area (Å²) >= 11 is 0. The molecule has 7 N–H and O–H groups in total. The fourth-order valence-corrected chi connectivity index (χ4v) is 8.71. The molecule has 0 saturated carbocycles. The molecule has 15 heteroatoms. The summed E-state index contributed by atoms with van der Waals surface area (Å²) in [6, 6.07) is 0. The zero-order valence-corrected chi connectivity index (χ0v) is 44.0. The first-order valence-corrected chi connectivity index (χ1v) is 28.1. The van der Waals surface area contributed by atoms with E-state index in [1.165, 1.54) is 109 Å². The molecule has 0 aliphatic carbocycles. The summed E-state index contributed by atoms with van der Waals surface area (Å²) in [5.74, 6) is -0.938. The maximum Gasteiger partial charge on any atom is 0.306 e. The lowest BCUT2D eigenvalue weighted by Gasteiger charge is -2.42. The van der Waals surface area contributed by atoms with Crippen LogP contribution in [0.15, 0.2) is 36.5 Å². The fraction of sp³-hybridized carbons (Fsp3) is 0.857. The van der Waals surface area contributed by atoms with Crippen LogP contribution < -0.4 is 0 Å². The van der Waals surface area contributed by atoms with E-state index in [4.69, 9.17) is 28.4 Å². The van der Waals surface area contributed by atoms with Gasteiger partial charge in [-0.25, -0.2) is 0 Å². The van der Waals surface area contributed by atoms with Gasteiger partial charge in [0, 0.05) is 12.8 Å². The van der Waals surface area contributed by atoms with Crippen molar-refractivity contribution in [3.63, 3.8) is 0 Å². The summed E-state index contributed by atoms with van der Waals surface area (Å²) in [5.41, 5.74) is 0. The topological polar surface area (TPSA) is 231 Å². The van der Waals surface area contributed by atoms with Crippen LogP contribution in [0.3, 0.4) is 0 Å². The molecule has 0 radical (unpaired) electrons. The van der Waals surface area contributed by atoms with Crippen molar-refractivity contribution in [1.29, 1.82) is 0 Å². The van der Waals surface area contributed by atoms with E-state index < -0.39 is 92.7 Å². The van der Waals surface area contributed by atoms with Crippen LogP contribution in [0.5, 0.6) is 0 Å². The highest BCUT2D eigenvalue weighted by Crippen LogP contribution is 2.27. The Morgan fingerprint density at radius 2 is 0.845 bits per heavy atom. The predicted molar refractivity (Wildman–Crippen MR) is 275 cm³/mol. The molecule has 0 amide bonds. The lowest BCUT2D eigenvalue weighted by atomic mass is 9.98. The van der Waals surface area contributed by atoms with E-state index in [1.807, 2.05) is 0 Å². The van der Waals surface area contributed by atoms with Gasteiger partial charge in [-0.15, -0.1) is 0 Å². The molecule has 71 heavy (non-hydrogen) atoms. The number of hydrogen-bond acceptors (Lipinski definition) is 15. The Bertz CT molecular complexity index is 1380. The van der Waals surface area contributed by atoms with Gasteiger partial charge in [-0.2, -0.15) is 0 Å². The standard InChI is InChI=1S/C56H100O15/c1-3-5-7-9-11-13-15-17-19-21-22-23-25-26-28-30-32-34-36-38-47(58)66-41-44(69-48(59)39-37-35-33-31-29-27-24-20-18-16-14-12-10-8-6-4-2)42-67-55-54(65)52(63)50(61)46(71-55)43-68-56-53(64)51(62)49(60)45(40-57)70-56/h14,16-17,19-20,24,44-46,49-57,60-65H,3-13,15,18,21-23,25-43H2,1-2H3/b16-14-,19-17-,24-20-. The maximum absolute atomic E-state index is 13.0. The Morgan fingerprint density at radius 1 is 0.451 bits per heavy atom. The van der Waals surface area contributed by atoms with Gasteiger partial charge in [-0.1, -0.05) is 166 Å². The van der Waals surface area contributed by atoms with Crippen molar-refractivity contribution in [2.75, 3.05) is 26.4 Å². The van der Waals surface area contributed by atoms with Crippen molar-refractivity contribution in [1.82, 2.24) is 0 Å². The molecule has 0 aromatic carbocycles. The van der Waals surface area contributed by atoms with E-state index in [1.54, 1.807) is 0 Å². The molecule has 414 valence electrons. The van der Waals surface area contributed by atoms with Gasteiger partial charge in [0.15, 0.2) is 18.7 Å². The van der Waals surface area contributed by atoms with Gasteiger partial charge < -0.3 is 64.2 Å². The first kappa shape index (κ1) is 64.8. The summed E-state index contributed by atoms with van der Waals surface area (Å²) in [7, 11) is 0. The van der Waals surface area contributed by atoms with Crippen LogP contribution in [0.1, 0.15) is 213 Å². The summed E-state index contributed by atoms with van der Waals surface area (Å²) < 4.78 is 33.6. The van der Waals surface area contributed by atoms with Crippen LogP contribution in [-0.4, -0.2) is 142 Å². The van der Waals surface area contributed by atoms with Crippen LogP contribution in [-0.2, 0) is 38.0 Å². The summed E-state index contributed by atoms with van der Waals surface area (Å²) in [5, 5.41) is 72.2. The first-order valence-electron chi connectivity index (χ1n) is 28.1. The smallest absolute Gasteiger partial charge is 0.306 e. The SMILES string of the molecule is CCCCCC/C=C\C/C=C\CCCCCCCC(=O)OC(COC(=O)CCCCCCCCCCC/C=C\CCCCCCCC)COC1OC(COC2OC(CO)C(O)C(O)C2O)C(O)C(O)C1O. The van der Waals surface area contributed by atoms with Gasteiger partial charge in [-0.05, 0) is 70.6 Å². The number of carbonyl (C=O) groups excluding carboxylic acids is 2. The van der Waals surface area contributed by atoms with Crippen molar-refractivity contribution in [3.05, 3.63) is 36.5 Å². The Kier molecular flexibility index (Phi) is 39.3. The second-order valence-corrected chi connectivity index (χ2v) is 19.8. The Morgan fingerprint density at radius 3 is 1.34 bits per heavy atom. The summed E-state index contributed by atoms with van der Waals surface area (Å²) in [6.45, 7) is 2.57. The largest absolute Gasteiger partial charge is 0.462 e. The number of hydrogen-bond donors (Lipinski definition) is 7. The van der Waals surface area contributed by atoms with Crippen LogP contribution in [0.4, 0.5) is 0 Å². The molecule has 11 atom stereocenters. The predicted octanol–water partition coefficient (Wildman–Crippen LogP) is 8.88. The van der Waals surface area contributed by atoms with E-state index in [9.17, 15) is 45.3 Å². The third kappa shape index (κ3) is 30.6. The second-order valence-electron chi connectivity index (χ2n) is 19.8. The van der Waals surface area contributed by atoms with Gasteiger partial charge >= 0.3 is 11.9 Å². The monoisotopic (exact) mass is 1010 g/mol. The van der Waals surface area contributed by atoms with Crippen molar-refractivity contribution in [3.8, 4) is 0 Å². The third-order valence-corrected chi connectivity index (χ3v) is 13.3. The van der Waals surface area contributed by atoms with E-state index in [0.29, 0.717) is 12.8 Å². The maximum atomic E-state index is 13.0. The van der Waals surface area contributed by atoms with Gasteiger partial charge in [0.05, 0.1) is 19.8 Å². The highest BCUT2D eigenvalue weighted by molar-refractivity contribution is 5.70. The molecule has 2 heterocycles. The zero-order valence-electron chi connectivity index (χ0n) is 44.0. The van der Waals surface area contributed by atoms with Gasteiger partial charge in [0.25, 0.3) is 0 Å². The number of aliphatic hydroxyl groups excluding tert-OH is 7. The van der Waals surface area contributed by atoms with Crippen molar-refractivity contribution < 1.29 is 73.8 Å². The second kappa shape index (κ2) is 43.0. The Balaban J connectivity index is 1.77. The van der Waals surface area contributed by atoms with Crippen LogP contribution in [0.2, 0.25) is 0 Å². The van der Waals surface area contributed by atoms with Crippen molar-refractivity contribution in [2.45, 2.75) is 280 Å². The Hall–Kier alpha value is -2.28. The number of esters is 2. The van der Waals surface area contributed by atoms with E-state index in [-0.39, 0.29) is 26.1 Å². The molecule has 0 aromatic rings. The average Bonchev–Trinajstić information content (AvgIpc) is 3.36. The fourth-order valence-electron chi connectivity index (χ4n) is 8.71. The molecular formula is C56H100O15. The van der Waals surface area contributed by atoms with Crippen LogP contribution in [0, 0.1) is 0 Å². The minimum absolute atomic E-state index is 0.149. The minimum Gasteiger partial charge on any atom is -0.462 e. The van der Waals surface area contributed by atoms with Crippen LogP contribution >= 0.6 is 0 Å². The number of ether oxygens (including phenoxy) is 6. The molecular weight excluding hydrogens is 913 g/mol. The number of rotatable bonds is 44. The lowest BCUT2D eigenvalue weighted by Crippen LogP contribution is -2.61. The highest BCUT2D eigenvalue weighted by atomic mass is 16.7. The molecule has 2 saturated heterocycles. The molecule has 11 unspecified atom stereocenters. The van der Waals surface area contributed by atoms with E-state index in [2.05, 4.69) is 50.3 Å². The number of allylic oxidation sites excluding steroid dienone is 6. The molecule has 2 aliphatic heterocycles. The molecule has 2 rings (SSSR count). The lowest BCUT2D eigenvalue weighted by molar-refractivity contribution is -0.332. The third-order valence-electron chi connectivity index (χ3n) is 13.3. The van der Waals surface area contributed by atoms with Gasteiger partial charge in [0.1, 0.15) is 55.4 Å². The molecule has 15 nitrogen and oxygen atoms in total. The van der Waals surface area contributed by atoms with E-state index in [0.717, 1.165) is 64.2 Å². The zero-order chi connectivity index (χ0) is 51.7. The average molecular weight is 1010 g/mol. The minimum atomic E-state index is -1.77. The summed E-state index contributed by atoms with van der Waals surface area (Å²) in [6.07, 6.45) is 30.2. The van der Waals surface area contributed by atoms with E-state index >= 15 is 0 Å². The molecule has 0 aromatic heterocycles. The normalized spacial score (nSPS) is 25.4. The molecule has 0 bridgehead atoms. The van der Waals surface area contributed by atoms with Crippen LogP contribution in [0.25, 0.3) is 0 Å². The highest BCUT2D eigenvalue weighted by Gasteiger charge is 2.47. The van der Waals surface area contributed by atoms with Crippen molar-refractivity contribution in [2.24, 2.45) is 0 Å². The first-order chi connectivity index (χ1) is 34.5. The van der Waals surface area contributed by atoms with Gasteiger partial charge in [0.2, 0.25) is 0 Å².